The molecule has 0 atom stereocenters. The average Bonchev–Trinajstić information content (AvgIpc) is 2.44. The Morgan fingerprint density at radius 2 is 2.10 bits per heavy atom. The summed E-state index contributed by atoms with van der Waals surface area (Å²) in [5, 5.41) is 11.0. The number of aromatic nitrogens is 2. The first-order valence-corrected chi connectivity index (χ1v) is 6.11. The molecule has 0 aliphatic heterocycles. The largest absolute Gasteiger partial charge is 0.417 e. The molecule has 0 aliphatic rings. The minimum Gasteiger partial charge on any atom is -0.364 e. The minimum absolute atomic E-state index is 0.0722. The molecule has 0 aromatic carbocycles. The van der Waals surface area contributed by atoms with Gasteiger partial charge in [0.1, 0.15) is 22.6 Å². The van der Waals surface area contributed by atoms with Gasteiger partial charge in [0.05, 0.1) is 17.8 Å². The highest BCUT2D eigenvalue weighted by Crippen LogP contribution is 2.35. The van der Waals surface area contributed by atoms with Crippen LogP contribution in [0.15, 0.2) is 30.5 Å². The van der Waals surface area contributed by atoms with Gasteiger partial charge in [-0.1, -0.05) is 17.7 Å². The van der Waals surface area contributed by atoms with Crippen LogP contribution in [0, 0.1) is 11.3 Å². The third-order valence-electron chi connectivity index (χ3n) is 2.57. The van der Waals surface area contributed by atoms with Crippen LogP contribution in [-0.2, 0) is 12.7 Å². The molecule has 0 amide bonds. The van der Waals surface area contributed by atoms with Crippen LogP contribution in [0.4, 0.5) is 19.0 Å². The maximum atomic E-state index is 12.9. The lowest BCUT2D eigenvalue weighted by Crippen LogP contribution is -2.11. The predicted molar refractivity (Wildman–Crippen MR) is 70.5 cm³/mol. The number of halogens is 4. The third kappa shape index (κ3) is 3.61. The van der Waals surface area contributed by atoms with Crippen molar-refractivity contribution in [2.75, 3.05) is 5.32 Å². The minimum atomic E-state index is -4.68. The van der Waals surface area contributed by atoms with Crippen molar-refractivity contribution >= 4 is 17.4 Å². The Morgan fingerprint density at radius 3 is 2.67 bits per heavy atom. The van der Waals surface area contributed by atoms with E-state index in [0.717, 1.165) is 6.07 Å². The van der Waals surface area contributed by atoms with E-state index in [1.54, 1.807) is 24.4 Å². The SMILES string of the molecule is N#Cc1c(C(F)(F)F)cc(NCc2ccccn2)nc1Cl. The number of rotatable bonds is 3. The van der Waals surface area contributed by atoms with E-state index in [1.807, 2.05) is 0 Å². The molecule has 0 radical (unpaired) electrons. The van der Waals surface area contributed by atoms with Gasteiger partial charge >= 0.3 is 6.18 Å². The molecule has 0 saturated carbocycles. The van der Waals surface area contributed by atoms with Crippen LogP contribution in [0.1, 0.15) is 16.8 Å². The molecule has 2 aromatic heterocycles. The highest BCUT2D eigenvalue weighted by Gasteiger charge is 2.35. The van der Waals surface area contributed by atoms with Crippen molar-refractivity contribution in [1.29, 1.82) is 5.26 Å². The van der Waals surface area contributed by atoms with E-state index in [9.17, 15) is 13.2 Å². The van der Waals surface area contributed by atoms with Gasteiger partial charge in [-0.2, -0.15) is 18.4 Å². The molecular weight excluding hydrogens is 305 g/mol. The van der Waals surface area contributed by atoms with Crippen LogP contribution < -0.4 is 5.32 Å². The summed E-state index contributed by atoms with van der Waals surface area (Å²) in [4.78, 5) is 7.76. The second-order valence-corrected chi connectivity index (χ2v) is 4.36. The zero-order valence-corrected chi connectivity index (χ0v) is 11.2. The second-order valence-electron chi connectivity index (χ2n) is 4.01. The van der Waals surface area contributed by atoms with E-state index in [1.165, 1.54) is 6.07 Å². The summed E-state index contributed by atoms with van der Waals surface area (Å²) >= 11 is 5.63. The van der Waals surface area contributed by atoms with Crippen molar-refractivity contribution < 1.29 is 13.2 Å². The third-order valence-corrected chi connectivity index (χ3v) is 2.84. The van der Waals surface area contributed by atoms with Crippen molar-refractivity contribution in [2.24, 2.45) is 0 Å². The molecule has 0 aliphatic carbocycles. The number of hydrogen-bond acceptors (Lipinski definition) is 4. The van der Waals surface area contributed by atoms with Gasteiger partial charge in [-0.05, 0) is 18.2 Å². The highest BCUT2D eigenvalue weighted by atomic mass is 35.5. The van der Waals surface area contributed by atoms with Gasteiger partial charge in [0.15, 0.2) is 0 Å². The summed E-state index contributed by atoms with van der Waals surface area (Å²) in [6.45, 7) is 0.188. The Morgan fingerprint density at radius 1 is 1.33 bits per heavy atom. The molecule has 1 N–H and O–H groups in total. The van der Waals surface area contributed by atoms with Gasteiger partial charge in [0.25, 0.3) is 0 Å². The summed E-state index contributed by atoms with van der Waals surface area (Å²) < 4.78 is 38.6. The van der Waals surface area contributed by atoms with Gasteiger partial charge in [0, 0.05) is 6.20 Å². The summed E-state index contributed by atoms with van der Waals surface area (Å²) in [5.74, 6) is -0.0722. The number of nitrogens with one attached hydrogen (secondary N) is 1. The number of alkyl halides is 3. The van der Waals surface area contributed by atoms with Crippen LogP contribution in [0.25, 0.3) is 0 Å². The molecule has 2 rings (SSSR count). The Labute approximate surface area is 123 Å². The Bertz CT molecular complexity index is 680. The van der Waals surface area contributed by atoms with Crippen LogP contribution >= 0.6 is 11.6 Å². The highest BCUT2D eigenvalue weighted by molar-refractivity contribution is 6.30. The first-order valence-electron chi connectivity index (χ1n) is 5.73. The van der Waals surface area contributed by atoms with Crippen LogP contribution in [-0.4, -0.2) is 9.97 Å². The van der Waals surface area contributed by atoms with Crippen molar-refractivity contribution in [3.05, 3.63) is 52.4 Å². The number of anilines is 1. The van der Waals surface area contributed by atoms with Crippen LogP contribution in [0.2, 0.25) is 5.15 Å². The molecule has 0 fully saturated rings. The van der Waals surface area contributed by atoms with Crippen molar-refractivity contribution in [3.8, 4) is 6.07 Å². The predicted octanol–water partition coefficient (Wildman–Crippen LogP) is 3.63. The summed E-state index contributed by atoms with van der Waals surface area (Å²) in [7, 11) is 0. The van der Waals surface area contributed by atoms with Crippen LogP contribution in [0.5, 0.6) is 0 Å². The average molecular weight is 313 g/mol. The second kappa shape index (κ2) is 5.97. The fourth-order valence-electron chi connectivity index (χ4n) is 1.62. The lowest BCUT2D eigenvalue weighted by Gasteiger charge is -2.12. The molecule has 0 spiro atoms. The Hall–Kier alpha value is -2.33. The monoisotopic (exact) mass is 312 g/mol. The molecule has 8 heteroatoms. The number of nitrogens with zero attached hydrogens (tertiary/aromatic N) is 3. The Kier molecular flexibility index (Phi) is 4.29. The first kappa shape index (κ1) is 15.1. The molecule has 2 heterocycles. The number of pyridine rings is 2. The van der Waals surface area contributed by atoms with Crippen molar-refractivity contribution in [3.63, 3.8) is 0 Å². The molecule has 0 bridgehead atoms. The number of nitriles is 1. The normalized spacial score (nSPS) is 11.0. The Balaban J connectivity index is 2.30. The van der Waals surface area contributed by atoms with Crippen molar-refractivity contribution in [2.45, 2.75) is 12.7 Å². The maximum absolute atomic E-state index is 12.9. The fraction of sp³-hybridized carbons (Fsp3) is 0.154. The summed E-state index contributed by atoms with van der Waals surface area (Å²) in [6.07, 6.45) is -3.11. The van der Waals surface area contributed by atoms with E-state index < -0.39 is 22.5 Å². The molecular formula is C13H8ClF3N4. The van der Waals surface area contributed by atoms with E-state index in [0.29, 0.717) is 5.69 Å². The smallest absolute Gasteiger partial charge is 0.364 e. The molecule has 21 heavy (non-hydrogen) atoms. The summed E-state index contributed by atoms with van der Waals surface area (Å²) in [5.41, 5.74) is -1.17. The van der Waals surface area contributed by atoms with E-state index in [2.05, 4.69) is 15.3 Å². The van der Waals surface area contributed by atoms with Gasteiger partial charge in [0.2, 0.25) is 0 Å². The van der Waals surface area contributed by atoms with E-state index in [-0.39, 0.29) is 12.4 Å². The fourth-order valence-corrected chi connectivity index (χ4v) is 1.85. The molecule has 4 nitrogen and oxygen atoms in total. The van der Waals surface area contributed by atoms with Gasteiger partial charge in [-0.25, -0.2) is 4.98 Å². The molecule has 108 valence electrons. The molecule has 2 aromatic rings. The molecule has 0 unspecified atom stereocenters. The first-order chi connectivity index (χ1) is 9.91. The van der Waals surface area contributed by atoms with Gasteiger partial charge < -0.3 is 5.32 Å². The quantitative estimate of drug-likeness (QED) is 0.879. The standard InChI is InChI=1S/C13H8ClF3N4/c14-12-9(6-18)10(13(15,16)17)5-11(21-12)20-7-8-3-1-2-4-19-8/h1-5H,7H2,(H,20,21). The van der Waals surface area contributed by atoms with E-state index >= 15 is 0 Å². The van der Waals surface area contributed by atoms with Crippen molar-refractivity contribution in [1.82, 2.24) is 9.97 Å². The zero-order valence-electron chi connectivity index (χ0n) is 10.4. The summed E-state index contributed by atoms with van der Waals surface area (Å²) in [6, 6.07) is 7.36. The topological polar surface area (TPSA) is 61.6 Å². The zero-order chi connectivity index (χ0) is 15.5. The lowest BCUT2D eigenvalue weighted by molar-refractivity contribution is -0.137. The maximum Gasteiger partial charge on any atom is 0.417 e. The van der Waals surface area contributed by atoms with Crippen LogP contribution in [0.3, 0.4) is 0 Å². The molecule has 0 saturated heterocycles. The van der Waals surface area contributed by atoms with Gasteiger partial charge in [-0.3, -0.25) is 4.98 Å². The number of hydrogen-bond donors (Lipinski definition) is 1. The van der Waals surface area contributed by atoms with E-state index in [4.69, 9.17) is 16.9 Å². The lowest BCUT2D eigenvalue weighted by atomic mass is 10.1. The van der Waals surface area contributed by atoms with Gasteiger partial charge in [-0.15, -0.1) is 0 Å².